The molecule has 0 aliphatic carbocycles. The van der Waals surface area contributed by atoms with Crippen LogP contribution in [0.25, 0.3) is 10.9 Å². The first kappa shape index (κ1) is 11.0. The molecule has 0 aromatic carbocycles. The molecule has 4 heteroatoms. The van der Waals surface area contributed by atoms with Crippen LogP contribution in [0.15, 0.2) is 22.8 Å². The van der Waals surface area contributed by atoms with Crippen LogP contribution in [0, 0.1) is 0 Å². The smallest absolute Gasteiger partial charge is 0.291 e. The van der Waals surface area contributed by atoms with Gasteiger partial charge in [-0.25, -0.2) is 4.98 Å². The SMILES string of the molecule is CCN(CC)Cc1ccc2c(O)occ2n1. The van der Waals surface area contributed by atoms with E-state index in [1.165, 1.54) is 6.26 Å². The summed E-state index contributed by atoms with van der Waals surface area (Å²) in [5.74, 6) is -0.0584. The van der Waals surface area contributed by atoms with Gasteiger partial charge in [0.1, 0.15) is 11.8 Å². The van der Waals surface area contributed by atoms with Gasteiger partial charge in [-0.2, -0.15) is 0 Å². The maximum absolute atomic E-state index is 9.36. The topological polar surface area (TPSA) is 49.5 Å². The number of rotatable bonds is 4. The van der Waals surface area contributed by atoms with Gasteiger partial charge in [0.2, 0.25) is 0 Å². The van der Waals surface area contributed by atoms with Crippen LogP contribution in [-0.4, -0.2) is 28.1 Å². The van der Waals surface area contributed by atoms with E-state index < -0.39 is 0 Å². The molecule has 0 amide bonds. The van der Waals surface area contributed by atoms with E-state index in [1.807, 2.05) is 12.1 Å². The summed E-state index contributed by atoms with van der Waals surface area (Å²) in [5, 5.41) is 10.0. The molecule has 2 aromatic heterocycles. The number of hydrogen-bond donors (Lipinski definition) is 1. The lowest BCUT2D eigenvalue weighted by Crippen LogP contribution is -2.22. The lowest BCUT2D eigenvalue weighted by atomic mass is 10.2. The van der Waals surface area contributed by atoms with Crippen molar-refractivity contribution in [2.45, 2.75) is 20.4 Å². The zero-order valence-corrected chi connectivity index (χ0v) is 9.60. The van der Waals surface area contributed by atoms with Gasteiger partial charge in [-0.3, -0.25) is 4.90 Å². The van der Waals surface area contributed by atoms with E-state index in [9.17, 15) is 5.11 Å². The number of fused-ring (bicyclic) bond motifs is 1. The van der Waals surface area contributed by atoms with Crippen LogP contribution in [-0.2, 0) is 6.54 Å². The van der Waals surface area contributed by atoms with Crippen molar-refractivity contribution in [2.24, 2.45) is 0 Å². The van der Waals surface area contributed by atoms with Gasteiger partial charge in [0, 0.05) is 6.54 Å². The Morgan fingerprint density at radius 1 is 1.31 bits per heavy atom. The van der Waals surface area contributed by atoms with Crippen LogP contribution >= 0.6 is 0 Å². The summed E-state index contributed by atoms with van der Waals surface area (Å²) >= 11 is 0. The minimum absolute atomic E-state index is 0.0584. The lowest BCUT2D eigenvalue weighted by molar-refractivity contribution is 0.292. The van der Waals surface area contributed by atoms with Crippen LogP contribution in [0.1, 0.15) is 19.5 Å². The van der Waals surface area contributed by atoms with E-state index in [0.717, 1.165) is 25.3 Å². The Balaban J connectivity index is 2.25. The highest BCUT2D eigenvalue weighted by Gasteiger charge is 2.08. The average molecular weight is 220 g/mol. The fourth-order valence-electron chi connectivity index (χ4n) is 1.73. The third kappa shape index (κ3) is 2.02. The van der Waals surface area contributed by atoms with E-state index >= 15 is 0 Å². The molecule has 0 spiro atoms. The largest absolute Gasteiger partial charge is 0.480 e. The van der Waals surface area contributed by atoms with Gasteiger partial charge < -0.3 is 9.52 Å². The molecule has 0 radical (unpaired) electrons. The highest BCUT2D eigenvalue weighted by Crippen LogP contribution is 2.25. The zero-order chi connectivity index (χ0) is 11.5. The summed E-state index contributed by atoms with van der Waals surface area (Å²) in [6, 6.07) is 3.77. The summed E-state index contributed by atoms with van der Waals surface area (Å²) in [6.45, 7) is 7.10. The molecule has 1 N–H and O–H groups in total. The summed E-state index contributed by atoms with van der Waals surface area (Å²) < 4.78 is 4.91. The van der Waals surface area contributed by atoms with E-state index in [0.29, 0.717) is 10.9 Å². The predicted octanol–water partition coefficient (Wildman–Crippen LogP) is 2.38. The quantitative estimate of drug-likeness (QED) is 0.859. The van der Waals surface area contributed by atoms with Crippen LogP contribution < -0.4 is 0 Å². The first-order valence-electron chi connectivity index (χ1n) is 5.53. The Morgan fingerprint density at radius 3 is 2.75 bits per heavy atom. The van der Waals surface area contributed by atoms with E-state index in [-0.39, 0.29) is 5.95 Å². The molecule has 0 aliphatic rings. The molecule has 0 unspecified atom stereocenters. The van der Waals surface area contributed by atoms with Gasteiger partial charge in [-0.05, 0) is 25.2 Å². The Hall–Kier alpha value is -1.55. The second-order valence-electron chi connectivity index (χ2n) is 3.74. The Morgan fingerprint density at radius 2 is 2.06 bits per heavy atom. The van der Waals surface area contributed by atoms with E-state index in [4.69, 9.17) is 4.42 Å². The van der Waals surface area contributed by atoms with Crippen molar-refractivity contribution >= 4 is 10.9 Å². The van der Waals surface area contributed by atoms with Crippen molar-refractivity contribution < 1.29 is 9.52 Å². The number of furan rings is 1. The highest BCUT2D eigenvalue weighted by atomic mass is 16.5. The normalized spacial score (nSPS) is 11.4. The molecule has 0 saturated carbocycles. The summed E-state index contributed by atoms with van der Waals surface area (Å²) in [5.41, 5.74) is 1.71. The minimum Gasteiger partial charge on any atom is -0.480 e. The number of pyridine rings is 1. The minimum atomic E-state index is -0.0584. The van der Waals surface area contributed by atoms with Crippen molar-refractivity contribution in [3.8, 4) is 5.95 Å². The molecule has 0 saturated heterocycles. The molecule has 0 fully saturated rings. The highest BCUT2D eigenvalue weighted by molar-refractivity contribution is 5.82. The molecule has 2 rings (SSSR count). The average Bonchev–Trinajstić information content (AvgIpc) is 2.68. The van der Waals surface area contributed by atoms with Crippen molar-refractivity contribution in [3.63, 3.8) is 0 Å². The number of aromatic hydroxyl groups is 1. The van der Waals surface area contributed by atoms with Gasteiger partial charge in [0.05, 0.1) is 11.1 Å². The summed E-state index contributed by atoms with van der Waals surface area (Å²) in [4.78, 5) is 6.72. The van der Waals surface area contributed by atoms with Gasteiger partial charge in [0.25, 0.3) is 5.95 Å². The molecule has 2 heterocycles. The van der Waals surface area contributed by atoms with Crippen LogP contribution in [0.3, 0.4) is 0 Å². The zero-order valence-electron chi connectivity index (χ0n) is 9.60. The molecule has 86 valence electrons. The van der Waals surface area contributed by atoms with Gasteiger partial charge >= 0.3 is 0 Å². The van der Waals surface area contributed by atoms with Crippen LogP contribution in [0.4, 0.5) is 0 Å². The van der Waals surface area contributed by atoms with Crippen LogP contribution in [0.2, 0.25) is 0 Å². The van der Waals surface area contributed by atoms with E-state index in [1.54, 1.807) is 0 Å². The number of hydrogen-bond acceptors (Lipinski definition) is 4. The molecule has 0 aliphatic heterocycles. The monoisotopic (exact) mass is 220 g/mol. The fourth-order valence-corrected chi connectivity index (χ4v) is 1.73. The lowest BCUT2D eigenvalue weighted by Gasteiger charge is -2.16. The molecular formula is C12H16N2O2. The number of aromatic nitrogens is 1. The first-order chi connectivity index (χ1) is 7.74. The summed E-state index contributed by atoms with van der Waals surface area (Å²) in [7, 11) is 0. The van der Waals surface area contributed by atoms with Gasteiger partial charge in [0.15, 0.2) is 0 Å². The maximum Gasteiger partial charge on any atom is 0.291 e. The molecular weight excluding hydrogens is 204 g/mol. The first-order valence-corrected chi connectivity index (χ1v) is 5.53. The molecule has 2 aromatic rings. The van der Waals surface area contributed by atoms with Crippen molar-refractivity contribution in [1.82, 2.24) is 9.88 Å². The van der Waals surface area contributed by atoms with Crippen molar-refractivity contribution in [2.75, 3.05) is 13.1 Å². The predicted molar refractivity (Wildman–Crippen MR) is 62.3 cm³/mol. The second kappa shape index (κ2) is 4.53. The van der Waals surface area contributed by atoms with E-state index in [2.05, 4.69) is 23.7 Å². The van der Waals surface area contributed by atoms with Gasteiger partial charge in [-0.1, -0.05) is 13.8 Å². The molecule has 0 atom stereocenters. The summed E-state index contributed by atoms with van der Waals surface area (Å²) in [6.07, 6.45) is 1.48. The second-order valence-corrected chi connectivity index (χ2v) is 3.74. The molecule has 4 nitrogen and oxygen atoms in total. The number of nitrogens with zero attached hydrogens (tertiary/aromatic N) is 2. The maximum atomic E-state index is 9.36. The van der Waals surface area contributed by atoms with Crippen molar-refractivity contribution in [1.29, 1.82) is 0 Å². The molecule has 16 heavy (non-hydrogen) atoms. The Kier molecular flexibility index (Phi) is 3.10. The Bertz CT molecular complexity index is 475. The third-order valence-corrected chi connectivity index (χ3v) is 2.78. The Labute approximate surface area is 94.5 Å². The standard InChI is InChI=1S/C12H16N2O2/c1-3-14(4-2)7-9-5-6-10-11(13-9)8-16-12(10)15/h5-6,8,15H,3-4,7H2,1-2H3. The van der Waals surface area contributed by atoms with Gasteiger partial charge in [-0.15, -0.1) is 0 Å². The van der Waals surface area contributed by atoms with Crippen LogP contribution in [0.5, 0.6) is 5.95 Å². The molecule has 0 bridgehead atoms. The fraction of sp³-hybridized carbons (Fsp3) is 0.417. The third-order valence-electron chi connectivity index (χ3n) is 2.78. The van der Waals surface area contributed by atoms with Crippen molar-refractivity contribution in [3.05, 3.63) is 24.1 Å².